The number of carboxylic acids is 1. The highest BCUT2D eigenvalue weighted by atomic mass is 35.5. The molecular formula is C15H13ClFNO2. The maximum Gasteiger partial charge on any atom is 0.325 e. The van der Waals surface area contributed by atoms with Crippen LogP contribution in [-0.2, 0) is 11.3 Å². The average molecular weight is 294 g/mol. The van der Waals surface area contributed by atoms with Crippen molar-refractivity contribution in [3.63, 3.8) is 0 Å². The van der Waals surface area contributed by atoms with Gasteiger partial charge in [-0.05, 0) is 23.3 Å². The summed E-state index contributed by atoms with van der Waals surface area (Å²) in [7, 11) is 0. The molecule has 1 unspecified atom stereocenters. The third kappa shape index (κ3) is 3.56. The van der Waals surface area contributed by atoms with Crippen molar-refractivity contribution in [2.75, 3.05) is 0 Å². The van der Waals surface area contributed by atoms with E-state index in [1.54, 1.807) is 0 Å². The lowest BCUT2D eigenvalue weighted by Gasteiger charge is -2.15. The molecule has 0 spiro atoms. The molecule has 0 aromatic heterocycles. The summed E-state index contributed by atoms with van der Waals surface area (Å²) in [6, 6.07) is 12.4. The molecule has 3 nitrogen and oxygen atoms in total. The number of carbonyl (C=O) groups is 1. The van der Waals surface area contributed by atoms with E-state index >= 15 is 0 Å². The van der Waals surface area contributed by atoms with Crippen molar-refractivity contribution in [1.29, 1.82) is 0 Å². The molecule has 0 fully saturated rings. The SMILES string of the molecule is O=C(O)C(NCc1ccccc1)c1ccc(Cl)c(F)c1. The first kappa shape index (κ1) is 14.5. The number of carboxylic acid groups (broad SMARTS) is 1. The lowest BCUT2D eigenvalue weighted by atomic mass is 10.1. The molecule has 0 radical (unpaired) electrons. The van der Waals surface area contributed by atoms with Gasteiger partial charge in [0.2, 0.25) is 0 Å². The van der Waals surface area contributed by atoms with Crippen LogP contribution in [0.4, 0.5) is 4.39 Å². The Morgan fingerprint density at radius 3 is 2.55 bits per heavy atom. The first-order valence-electron chi connectivity index (χ1n) is 6.03. The van der Waals surface area contributed by atoms with E-state index in [1.165, 1.54) is 12.1 Å². The summed E-state index contributed by atoms with van der Waals surface area (Å²) in [5.41, 5.74) is 1.28. The van der Waals surface area contributed by atoms with E-state index in [0.29, 0.717) is 12.1 Å². The minimum Gasteiger partial charge on any atom is -0.480 e. The summed E-state index contributed by atoms with van der Waals surface area (Å²) >= 11 is 5.60. The van der Waals surface area contributed by atoms with E-state index in [4.69, 9.17) is 11.6 Å². The van der Waals surface area contributed by atoms with Crippen molar-refractivity contribution in [2.24, 2.45) is 0 Å². The molecule has 0 bridgehead atoms. The molecular weight excluding hydrogens is 281 g/mol. The fourth-order valence-corrected chi connectivity index (χ4v) is 1.97. The van der Waals surface area contributed by atoms with Crippen LogP contribution < -0.4 is 5.32 Å². The minimum absolute atomic E-state index is 0.0269. The smallest absolute Gasteiger partial charge is 0.325 e. The summed E-state index contributed by atoms with van der Waals surface area (Å²) in [6.45, 7) is 0.377. The molecule has 5 heteroatoms. The highest BCUT2D eigenvalue weighted by Gasteiger charge is 2.20. The second kappa shape index (κ2) is 6.50. The van der Waals surface area contributed by atoms with Gasteiger partial charge in [-0.1, -0.05) is 48.0 Å². The van der Waals surface area contributed by atoms with E-state index in [1.807, 2.05) is 30.3 Å². The molecule has 0 aliphatic heterocycles. The van der Waals surface area contributed by atoms with Crippen LogP contribution in [0.1, 0.15) is 17.2 Å². The number of nitrogens with one attached hydrogen (secondary N) is 1. The van der Waals surface area contributed by atoms with E-state index in [9.17, 15) is 14.3 Å². The summed E-state index contributed by atoms with van der Waals surface area (Å²) in [4.78, 5) is 11.3. The topological polar surface area (TPSA) is 49.3 Å². The predicted molar refractivity (Wildman–Crippen MR) is 75.1 cm³/mol. The zero-order valence-electron chi connectivity index (χ0n) is 10.5. The monoisotopic (exact) mass is 293 g/mol. The molecule has 2 aromatic carbocycles. The predicted octanol–water partition coefficient (Wildman–Crippen LogP) is 3.39. The number of hydrogen-bond donors (Lipinski definition) is 2. The van der Waals surface area contributed by atoms with Crippen LogP contribution in [0.15, 0.2) is 48.5 Å². The Labute approximate surface area is 121 Å². The molecule has 0 saturated carbocycles. The van der Waals surface area contributed by atoms with Gasteiger partial charge in [0.05, 0.1) is 5.02 Å². The minimum atomic E-state index is -1.07. The van der Waals surface area contributed by atoms with Gasteiger partial charge in [-0.15, -0.1) is 0 Å². The van der Waals surface area contributed by atoms with Gasteiger partial charge in [-0.25, -0.2) is 4.39 Å². The van der Waals surface area contributed by atoms with Gasteiger partial charge >= 0.3 is 5.97 Å². The molecule has 104 valence electrons. The molecule has 0 amide bonds. The zero-order valence-corrected chi connectivity index (χ0v) is 11.3. The van der Waals surface area contributed by atoms with E-state index < -0.39 is 17.8 Å². The van der Waals surface area contributed by atoms with Crippen molar-refractivity contribution >= 4 is 17.6 Å². The Morgan fingerprint density at radius 2 is 1.95 bits per heavy atom. The van der Waals surface area contributed by atoms with Crippen LogP contribution in [0.3, 0.4) is 0 Å². The third-order valence-corrected chi connectivity index (χ3v) is 3.18. The Bertz CT molecular complexity index is 604. The van der Waals surface area contributed by atoms with Crippen LogP contribution in [0.2, 0.25) is 5.02 Å². The van der Waals surface area contributed by atoms with Gasteiger partial charge in [0.25, 0.3) is 0 Å². The molecule has 20 heavy (non-hydrogen) atoms. The van der Waals surface area contributed by atoms with E-state index in [2.05, 4.69) is 5.32 Å². The highest BCUT2D eigenvalue weighted by Crippen LogP contribution is 2.21. The summed E-state index contributed by atoms with van der Waals surface area (Å²) in [5, 5.41) is 12.1. The second-order valence-corrected chi connectivity index (χ2v) is 4.72. The molecule has 0 heterocycles. The lowest BCUT2D eigenvalue weighted by molar-refractivity contribution is -0.139. The molecule has 2 aromatic rings. The van der Waals surface area contributed by atoms with E-state index in [-0.39, 0.29) is 5.02 Å². The van der Waals surface area contributed by atoms with Crippen LogP contribution in [-0.4, -0.2) is 11.1 Å². The Kier molecular flexibility index (Phi) is 4.71. The molecule has 1 atom stereocenters. The molecule has 0 aliphatic carbocycles. The fraction of sp³-hybridized carbons (Fsp3) is 0.133. The van der Waals surface area contributed by atoms with Crippen molar-refractivity contribution < 1.29 is 14.3 Å². The van der Waals surface area contributed by atoms with Crippen LogP contribution in [0.25, 0.3) is 0 Å². The Hall–Kier alpha value is -1.91. The van der Waals surface area contributed by atoms with Crippen LogP contribution in [0, 0.1) is 5.82 Å². The van der Waals surface area contributed by atoms with Crippen molar-refractivity contribution in [3.05, 3.63) is 70.5 Å². The maximum absolute atomic E-state index is 13.4. The third-order valence-electron chi connectivity index (χ3n) is 2.88. The summed E-state index contributed by atoms with van der Waals surface area (Å²) in [5.74, 6) is -1.69. The summed E-state index contributed by atoms with van der Waals surface area (Å²) < 4.78 is 13.4. The molecule has 0 saturated heterocycles. The fourth-order valence-electron chi connectivity index (χ4n) is 1.86. The molecule has 2 rings (SSSR count). The average Bonchev–Trinajstić information content (AvgIpc) is 2.43. The number of benzene rings is 2. The number of aliphatic carboxylic acids is 1. The first-order valence-corrected chi connectivity index (χ1v) is 6.41. The van der Waals surface area contributed by atoms with Gasteiger partial charge in [0, 0.05) is 6.54 Å². The quantitative estimate of drug-likeness (QED) is 0.888. The van der Waals surface area contributed by atoms with Gasteiger partial charge in [-0.2, -0.15) is 0 Å². The maximum atomic E-state index is 13.4. The van der Waals surface area contributed by atoms with Crippen molar-refractivity contribution in [3.8, 4) is 0 Å². The van der Waals surface area contributed by atoms with E-state index in [0.717, 1.165) is 11.6 Å². The van der Waals surface area contributed by atoms with Crippen molar-refractivity contribution in [1.82, 2.24) is 5.32 Å². The van der Waals surface area contributed by atoms with Crippen LogP contribution >= 0.6 is 11.6 Å². The van der Waals surface area contributed by atoms with Gasteiger partial charge < -0.3 is 5.11 Å². The van der Waals surface area contributed by atoms with Gasteiger partial charge in [-0.3, -0.25) is 10.1 Å². The Morgan fingerprint density at radius 1 is 1.25 bits per heavy atom. The second-order valence-electron chi connectivity index (χ2n) is 4.31. The standard InChI is InChI=1S/C15H13ClFNO2/c16-12-7-6-11(8-13(12)17)14(15(19)20)18-9-10-4-2-1-3-5-10/h1-8,14,18H,9H2,(H,19,20). The molecule has 0 aliphatic rings. The Balaban J connectivity index is 2.15. The van der Waals surface area contributed by atoms with Crippen molar-refractivity contribution in [2.45, 2.75) is 12.6 Å². The highest BCUT2D eigenvalue weighted by molar-refractivity contribution is 6.30. The molecule has 2 N–H and O–H groups in total. The number of halogens is 2. The number of hydrogen-bond acceptors (Lipinski definition) is 2. The lowest BCUT2D eigenvalue weighted by Crippen LogP contribution is -2.28. The first-order chi connectivity index (χ1) is 9.58. The normalized spacial score (nSPS) is 12.1. The van der Waals surface area contributed by atoms with Gasteiger partial charge in [0.1, 0.15) is 11.9 Å². The largest absolute Gasteiger partial charge is 0.480 e. The number of rotatable bonds is 5. The van der Waals surface area contributed by atoms with Crippen LogP contribution in [0.5, 0.6) is 0 Å². The van der Waals surface area contributed by atoms with Gasteiger partial charge in [0.15, 0.2) is 0 Å². The zero-order chi connectivity index (χ0) is 14.5. The summed E-state index contributed by atoms with van der Waals surface area (Å²) in [6.07, 6.45) is 0.